The standard InChI is InChI=1S/C16H17N3O.3ClH/c1(13-3-6-17-7-4-13)2-14-9-16(11-18-10-14)20-12-15-5-8-19-15;;;/h1-4,6-7,9-11,15,19H,5,8,12H2;3*1H/t15-;;;/m0.../s1. The fourth-order valence-electron chi connectivity index (χ4n) is 1.96. The number of rotatable bonds is 5. The first-order valence-electron chi connectivity index (χ1n) is 6.79. The average Bonchev–Trinajstić information content (AvgIpc) is 2.45. The van der Waals surface area contributed by atoms with Gasteiger partial charge in [0, 0.05) is 24.6 Å². The summed E-state index contributed by atoms with van der Waals surface area (Å²) in [5.74, 6) is 0.815. The zero-order valence-corrected chi connectivity index (χ0v) is 14.9. The number of nitrogens with zero attached hydrogens (tertiary/aromatic N) is 2. The monoisotopic (exact) mass is 375 g/mol. The van der Waals surface area contributed by atoms with Gasteiger partial charge in [-0.2, -0.15) is 0 Å². The first kappa shape index (κ1) is 21.7. The van der Waals surface area contributed by atoms with E-state index < -0.39 is 0 Å². The van der Waals surface area contributed by atoms with Crippen LogP contribution in [0.5, 0.6) is 5.75 Å². The predicted molar refractivity (Wildman–Crippen MR) is 101 cm³/mol. The molecule has 4 nitrogen and oxygen atoms in total. The van der Waals surface area contributed by atoms with Gasteiger partial charge in [0.2, 0.25) is 0 Å². The lowest BCUT2D eigenvalue weighted by Crippen LogP contribution is -2.46. The topological polar surface area (TPSA) is 47.0 Å². The van der Waals surface area contributed by atoms with Gasteiger partial charge in [-0.05, 0) is 42.3 Å². The van der Waals surface area contributed by atoms with Gasteiger partial charge in [0.25, 0.3) is 0 Å². The van der Waals surface area contributed by atoms with Crippen molar-refractivity contribution in [3.05, 3.63) is 54.1 Å². The molecule has 1 atom stereocenters. The number of nitrogens with one attached hydrogen (secondary N) is 1. The van der Waals surface area contributed by atoms with Gasteiger partial charge in [-0.3, -0.25) is 9.97 Å². The molecule has 2 aromatic rings. The smallest absolute Gasteiger partial charge is 0.138 e. The van der Waals surface area contributed by atoms with Crippen LogP contribution in [0.25, 0.3) is 12.2 Å². The van der Waals surface area contributed by atoms with E-state index in [-0.39, 0.29) is 37.2 Å². The second-order valence-electron chi connectivity index (χ2n) is 4.82. The summed E-state index contributed by atoms with van der Waals surface area (Å²) in [7, 11) is 0. The number of hydrogen-bond acceptors (Lipinski definition) is 4. The van der Waals surface area contributed by atoms with Crippen LogP contribution in [-0.4, -0.2) is 29.2 Å². The Morgan fingerprint density at radius 3 is 2.39 bits per heavy atom. The maximum atomic E-state index is 5.73. The molecule has 0 bridgehead atoms. The second kappa shape index (κ2) is 11.2. The van der Waals surface area contributed by atoms with Gasteiger partial charge in [0.1, 0.15) is 12.4 Å². The number of pyridine rings is 2. The number of hydrogen-bond donors (Lipinski definition) is 1. The Balaban J connectivity index is 0.00000161. The van der Waals surface area contributed by atoms with Gasteiger partial charge in [-0.1, -0.05) is 12.2 Å². The van der Waals surface area contributed by atoms with Crippen LogP contribution < -0.4 is 10.1 Å². The minimum Gasteiger partial charge on any atom is -0.490 e. The molecule has 0 aromatic carbocycles. The van der Waals surface area contributed by atoms with Crippen LogP contribution in [-0.2, 0) is 0 Å². The molecule has 126 valence electrons. The van der Waals surface area contributed by atoms with E-state index >= 15 is 0 Å². The minimum atomic E-state index is 0. The highest BCUT2D eigenvalue weighted by molar-refractivity contribution is 5.86. The molecule has 1 aliphatic rings. The highest BCUT2D eigenvalue weighted by Crippen LogP contribution is 2.15. The van der Waals surface area contributed by atoms with Crippen molar-refractivity contribution in [3.8, 4) is 5.75 Å². The lowest BCUT2D eigenvalue weighted by molar-refractivity contribution is 0.217. The molecule has 1 saturated heterocycles. The van der Waals surface area contributed by atoms with Crippen LogP contribution in [0.4, 0.5) is 0 Å². The Morgan fingerprint density at radius 1 is 1.04 bits per heavy atom. The quantitative estimate of drug-likeness (QED) is 0.865. The van der Waals surface area contributed by atoms with E-state index in [1.54, 1.807) is 18.6 Å². The van der Waals surface area contributed by atoms with Crippen LogP contribution in [0.1, 0.15) is 17.5 Å². The molecule has 0 amide bonds. The highest BCUT2D eigenvalue weighted by Gasteiger charge is 2.16. The van der Waals surface area contributed by atoms with Crippen LogP contribution >= 0.6 is 37.2 Å². The Kier molecular flexibility index (Phi) is 10.6. The van der Waals surface area contributed by atoms with Crippen molar-refractivity contribution in [2.75, 3.05) is 13.2 Å². The fraction of sp³-hybridized carbons (Fsp3) is 0.250. The third-order valence-electron chi connectivity index (χ3n) is 3.29. The van der Waals surface area contributed by atoms with Gasteiger partial charge < -0.3 is 10.1 Å². The van der Waals surface area contributed by atoms with Gasteiger partial charge in [-0.25, -0.2) is 0 Å². The van der Waals surface area contributed by atoms with E-state index in [0.717, 1.165) is 23.4 Å². The molecule has 0 saturated carbocycles. The molecule has 1 aliphatic heterocycles. The van der Waals surface area contributed by atoms with Gasteiger partial charge in [0.05, 0.1) is 6.20 Å². The minimum absolute atomic E-state index is 0. The second-order valence-corrected chi connectivity index (χ2v) is 4.82. The first-order valence-corrected chi connectivity index (χ1v) is 6.79. The normalized spacial score (nSPS) is 15.6. The van der Waals surface area contributed by atoms with Crippen LogP contribution in [0.3, 0.4) is 0 Å². The maximum Gasteiger partial charge on any atom is 0.138 e. The largest absolute Gasteiger partial charge is 0.490 e. The van der Waals surface area contributed by atoms with E-state index in [4.69, 9.17) is 4.74 Å². The summed E-state index contributed by atoms with van der Waals surface area (Å²) < 4.78 is 5.73. The fourth-order valence-corrected chi connectivity index (χ4v) is 1.96. The molecule has 2 aromatic heterocycles. The van der Waals surface area contributed by atoms with Crippen molar-refractivity contribution in [2.24, 2.45) is 0 Å². The summed E-state index contributed by atoms with van der Waals surface area (Å²) in [6, 6.07) is 6.42. The van der Waals surface area contributed by atoms with E-state index in [1.807, 2.05) is 36.5 Å². The SMILES string of the molecule is C(=Cc1cncc(OC[C@@H]2CCN2)c1)c1ccncc1.Cl.Cl.Cl. The number of ether oxygens (including phenoxy) is 1. The molecule has 1 N–H and O–H groups in total. The summed E-state index contributed by atoms with van der Waals surface area (Å²) in [5.41, 5.74) is 2.14. The van der Waals surface area contributed by atoms with Crippen molar-refractivity contribution < 1.29 is 4.74 Å². The zero-order valence-electron chi connectivity index (χ0n) is 12.4. The number of aromatic nitrogens is 2. The van der Waals surface area contributed by atoms with Crippen molar-refractivity contribution in [2.45, 2.75) is 12.5 Å². The lowest BCUT2D eigenvalue weighted by atomic mass is 10.1. The summed E-state index contributed by atoms with van der Waals surface area (Å²) in [6.07, 6.45) is 12.4. The summed E-state index contributed by atoms with van der Waals surface area (Å²) in [6.45, 7) is 1.81. The Morgan fingerprint density at radius 2 is 1.74 bits per heavy atom. The molecule has 3 heterocycles. The number of halogens is 3. The van der Waals surface area contributed by atoms with Gasteiger partial charge in [0.15, 0.2) is 0 Å². The molecule has 23 heavy (non-hydrogen) atoms. The average molecular weight is 377 g/mol. The molecule has 0 spiro atoms. The van der Waals surface area contributed by atoms with Crippen LogP contribution in [0.2, 0.25) is 0 Å². The van der Waals surface area contributed by atoms with Crippen molar-refractivity contribution in [1.82, 2.24) is 15.3 Å². The van der Waals surface area contributed by atoms with Crippen LogP contribution in [0.15, 0.2) is 43.0 Å². The molecule has 7 heteroatoms. The van der Waals surface area contributed by atoms with E-state index in [2.05, 4.69) is 15.3 Å². The molecule has 3 rings (SSSR count). The Hall–Kier alpha value is -1.33. The summed E-state index contributed by atoms with van der Waals surface area (Å²) in [4.78, 5) is 8.21. The van der Waals surface area contributed by atoms with Crippen molar-refractivity contribution >= 4 is 49.4 Å². The van der Waals surface area contributed by atoms with E-state index in [1.165, 1.54) is 6.42 Å². The Labute approximate surface area is 155 Å². The van der Waals surface area contributed by atoms with Gasteiger partial charge in [-0.15, -0.1) is 37.2 Å². The molecule has 0 aliphatic carbocycles. The Bertz CT molecular complexity index is 592. The lowest BCUT2D eigenvalue weighted by Gasteiger charge is -2.27. The molecular weight excluding hydrogens is 357 g/mol. The van der Waals surface area contributed by atoms with Crippen molar-refractivity contribution in [1.29, 1.82) is 0 Å². The summed E-state index contributed by atoms with van der Waals surface area (Å²) >= 11 is 0. The predicted octanol–water partition coefficient (Wildman–Crippen LogP) is 3.65. The first-order chi connectivity index (χ1) is 9.90. The van der Waals surface area contributed by atoms with Crippen LogP contribution in [0, 0.1) is 0 Å². The van der Waals surface area contributed by atoms with E-state index in [9.17, 15) is 0 Å². The van der Waals surface area contributed by atoms with Gasteiger partial charge >= 0.3 is 0 Å². The molecule has 0 radical (unpaired) electrons. The van der Waals surface area contributed by atoms with Crippen molar-refractivity contribution in [3.63, 3.8) is 0 Å². The summed E-state index contributed by atoms with van der Waals surface area (Å²) in [5, 5.41) is 3.31. The molecular formula is C16H20Cl3N3O. The third kappa shape index (κ3) is 6.75. The molecule has 1 fully saturated rings. The maximum absolute atomic E-state index is 5.73. The third-order valence-corrected chi connectivity index (χ3v) is 3.29. The zero-order chi connectivity index (χ0) is 13.6. The molecule has 0 unspecified atom stereocenters. The van der Waals surface area contributed by atoms with E-state index in [0.29, 0.717) is 12.6 Å². The highest BCUT2D eigenvalue weighted by atomic mass is 35.5.